The Bertz CT molecular complexity index is 911. The number of carbonyl (C=O) groups is 1. The predicted octanol–water partition coefficient (Wildman–Crippen LogP) is 2.90. The van der Waals surface area contributed by atoms with Gasteiger partial charge in [0.2, 0.25) is 0 Å². The van der Waals surface area contributed by atoms with Crippen LogP contribution in [0.2, 0.25) is 0 Å². The van der Waals surface area contributed by atoms with E-state index in [-0.39, 0.29) is 5.91 Å². The van der Waals surface area contributed by atoms with Gasteiger partial charge in [-0.25, -0.2) is 0 Å². The Labute approximate surface area is 146 Å². The maximum Gasteiger partial charge on any atom is 0.253 e. The van der Waals surface area contributed by atoms with Crippen LogP contribution in [0.3, 0.4) is 0 Å². The summed E-state index contributed by atoms with van der Waals surface area (Å²) in [6, 6.07) is 15.9. The van der Waals surface area contributed by atoms with E-state index >= 15 is 0 Å². The summed E-state index contributed by atoms with van der Waals surface area (Å²) in [5.74, 6) is 1.01. The van der Waals surface area contributed by atoms with Crippen LogP contribution in [0.1, 0.15) is 15.9 Å². The Hall–Kier alpha value is -2.95. The highest BCUT2D eigenvalue weighted by Crippen LogP contribution is 2.24. The molecule has 5 nitrogen and oxygen atoms in total. The number of aromatic nitrogens is 2. The standard InChI is InChI=1S/C20H20N4O/c1-15-5-4-7-16(13-15)20(25)24-11-9-23(10-12-24)19-18-8-3-2-6-17(18)14-21-22-19/h2-8,13-14H,9-12H2,1H3. The van der Waals surface area contributed by atoms with E-state index in [1.807, 2.05) is 54.3 Å². The average Bonchev–Trinajstić information content (AvgIpc) is 2.67. The van der Waals surface area contributed by atoms with Crippen molar-refractivity contribution in [1.82, 2.24) is 15.1 Å². The second-order valence-electron chi connectivity index (χ2n) is 6.40. The molecule has 1 aliphatic rings. The van der Waals surface area contributed by atoms with E-state index < -0.39 is 0 Å². The lowest BCUT2D eigenvalue weighted by Gasteiger charge is -2.35. The third-order valence-corrected chi connectivity index (χ3v) is 4.68. The van der Waals surface area contributed by atoms with Crippen molar-refractivity contribution in [3.05, 3.63) is 65.9 Å². The number of benzene rings is 2. The van der Waals surface area contributed by atoms with Crippen molar-refractivity contribution in [1.29, 1.82) is 0 Å². The number of anilines is 1. The quantitative estimate of drug-likeness (QED) is 0.724. The van der Waals surface area contributed by atoms with Crippen molar-refractivity contribution in [3.63, 3.8) is 0 Å². The molecule has 25 heavy (non-hydrogen) atoms. The highest BCUT2D eigenvalue weighted by molar-refractivity contribution is 5.95. The van der Waals surface area contributed by atoms with Crippen molar-refractivity contribution < 1.29 is 4.79 Å². The number of rotatable bonds is 2. The fourth-order valence-electron chi connectivity index (χ4n) is 3.33. The maximum absolute atomic E-state index is 12.7. The monoisotopic (exact) mass is 332 g/mol. The van der Waals surface area contributed by atoms with Crippen molar-refractivity contribution in [2.75, 3.05) is 31.1 Å². The lowest BCUT2D eigenvalue weighted by Crippen LogP contribution is -2.49. The Kier molecular flexibility index (Phi) is 4.06. The predicted molar refractivity (Wildman–Crippen MR) is 98.8 cm³/mol. The molecule has 4 rings (SSSR count). The molecule has 0 atom stereocenters. The van der Waals surface area contributed by atoms with Crippen molar-refractivity contribution >= 4 is 22.5 Å². The molecule has 0 aliphatic carbocycles. The third kappa shape index (κ3) is 3.05. The van der Waals surface area contributed by atoms with Gasteiger partial charge in [-0.1, -0.05) is 42.0 Å². The Morgan fingerprint density at radius 3 is 2.60 bits per heavy atom. The first-order chi connectivity index (χ1) is 12.2. The maximum atomic E-state index is 12.7. The lowest BCUT2D eigenvalue weighted by molar-refractivity contribution is 0.0746. The largest absolute Gasteiger partial charge is 0.351 e. The molecule has 1 saturated heterocycles. The molecule has 2 aromatic carbocycles. The zero-order valence-corrected chi connectivity index (χ0v) is 14.2. The van der Waals surface area contributed by atoms with E-state index in [0.29, 0.717) is 13.1 Å². The van der Waals surface area contributed by atoms with Gasteiger partial charge in [0.05, 0.1) is 6.20 Å². The summed E-state index contributed by atoms with van der Waals surface area (Å²) in [6.07, 6.45) is 1.79. The number of piperazine rings is 1. The van der Waals surface area contributed by atoms with Crippen LogP contribution < -0.4 is 4.90 Å². The van der Waals surface area contributed by atoms with Crippen LogP contribution >= 0.6 is 0 Å². The SMILES string of the molecule is Cc1cccc(C(=O)N2CCN(c3nncc4ccccc34)CC2)c1. The second-order valence-corrected chi connectivity index (χ2v) is 6.40. The normalized spacial score (nSPS) is 14.8. The van der Waals surface area contributed by atoms with Gasteiger partial charge in [0, 0.05) is 42.5 Å². The second kappa shape index (κ2) is 6.51. The van der Waals surface area contributed by atoms with Crippen LogP contribution in [0.15, 0.2) is 54.7 Å². The smallest absolute Gasteiger partial charge is 0.253 e. The van der Waals surface area contributed by atoms with Crippen molar-refractivity contribution in [2.45, 2.75) is 6.92 Å². The number of hydrogen-bond donors (Lipinski definition) is 0. The van der Waals surface area contributed by atoms with Crippen LogP contribution in [-0.4, -0.2) is 47.2 Å². The zero-order chi connectivity index (χ0) is 17.2. The molecule has 1 aromatic heterocycles. The van der Waals surface area contributed by atoms with E-state index in [9.17, 15) is 4.79 Å². The van der Waals surface area contributed by atoms with Gasteiger partial charge >= 0.3 is 0 Å². The first kappa shape index (κ1) is 15.6. The van der Waals surface area contributed by atoms with Gasteiger partial charge in [-0.2, -0.15) is 5.10 Å². The molecular formula is C20H20N4O. The molecule has 1 fully saturated rings. The van der Waals surface area contributed by atoms with Crippen LogP contribution in [0.4, 0.5) is 5.82 Å². The molecule has 1 aliphatic heterocycles. The minimum absolute atomic E-state index is 0.104. The first-order valence-electron chi connectivity index (χ1n) is 8.54. The number of aryl methyl sites for hydroxylation is 1. The van der Waals surface area contributed by atoms with E-state index in [1.54, 1.807) is 6.20 Å². The van der Waals surface area contributed by atoms with Gasteiger partial charge in [-0.15, -0.1) is 5.10 Å². The van der Waals surface area contributed by atoms with E-state index in [1.165, 1.54) is 0 Å². The van der Waals surface area contributed by atoms with Gasteiger partial charge in [-0.3, -0.25) is 4.79 Å². The third-order valence-electron chi connectivity index (χ3n) is 4.68. The number of fused-ring (bicyclic) bond motifs is 1. The highest BCUT2D eigenvalue weighted by Gasteiger charge is 2.24. The van der Waals surface area contributed by atoms with Crippen LogP contribution in [-0.2, 0) is 0 Å². The van der Waals surface area contributed by atoms with Crippen molar-refractivity contribution in [3.8, 4) is 0 Å². The summed E-state index contributed by atoms with van der Waals surface area (Å²) >= 11 is 0. The lowest BCUT2D eigenvalue weighted by atomic mass is 10.1. The zero-order valence-electron chi connectivity index (χ0n) is 14.2. The van der Waals surface area contributed by atoms with E-state index in [2.05, 4.69) is 21.2 Å². The number of carbonyl (C=O) groups excluding carboxylic acids is 1. The van der Waals surface area contributed by atoms with Crippen molar-refractivity contribution in [2.24, 2.45) is 0 Å². The summed E-state index contributed by atoms with van der Waals surface area (Å²) in [6.45, 7) is 4.92. The molecule has 0 spiro atoms. The summed E-state index contributed by atoms with van der Waals surface area (Å²) in [5.41, 5.74) is 1.87. The molecular weight excluding hydrogens is 312 g/mol. The molecule has 0 saturated carbocycles. The molecule has 126 valence electrons. The van der Waals surface area contributed by atoms with Gasteiger partial charge in [0.15, 0.2) is 5.82 Å². The summed E-state index contributed by atoms with van der Waals surface area (Å²) in [4.78, 5) is 16.8. The fraction of sp³-hybridized carbons (Fsp3) is 0.250. The van der Waals surface area contributed by atoms with Crippen LogP contribution in [0, 0.1) is 6.92 Å². The van der Waals surface area contributed by atoms with Crippen LogP contribution in [0.25, 0.3) is 10.8 Å². The highest BCUT2D eigenvalue weighted by atomic mass is 16.2. The number of amides is 1. The molecule has 0 N–H and O–H groups in total. The van der Waals surface area contributed by atoms with E-state index in [4.69, 9.17) is 0 Å². The minimum Gasteiger partial charge on any atom is -0.351 e. The minimum atomic E-state index is 0.104. The van der Waals surface area contributed by atoms with Gasteiger partial charge in [-0.05, 0) is 19.1 Å². The Balaban J connectivity index is 1.50. The average molecular weight is 332 g/mol. The van der Waals surface area contributed by atoms with Gasteiger partial charge in [0.1, 0.15) is 0 Å². The summed E-state index contributed by atoms with van der Waals surface area (Å²) in [7, 11) is 0. The Morgan fingerprint density at radius 1 is 1.00 bits per heavy atom. The molecule has 1 amide bonds. The van der Waals surface area contributed by atoms with E-state index in [0.717, 1.165) is 40.8 Å². The van der Waals surface area contributed by atoms with Gasteiger partial charge in [0.25, 0.3) is 5.91 Å². The molecule has 0 bridgehead atoms. The molecule has 0 unspecified atom stereocenters. The Morgan fingerprint density at radius 2 is 1.80 bits per heavy atom. The molecule has 3 aromatic rings. The first-order valence-corrected chi connectivity index (χ1v) is 8.54. The summed E-state index contributed by atoms with van der Waals surface area (Å²) < 4.78 is 0. The summed E-state index contributed by atoms with van der Waals surface area (Å²) in [5, 5.41) is 10.7. The topological polar surface area (TPSA) is 49.3 Å². The molecule has 2 heterocycles. The molecule has 0 radical (unpaired) electrons. The molecule has 5 heteroatoms. The fourth-order valence-corrected chi connectivity index (χ4v) is 3.33. The number of nitrogens with zero attached hydrogens (tertiary/aromatic N) is 4. The number of hydrogen-bond acceptors (Lipinski definition) is 4. The van der Waals surface area contributed by atoms with Crippen LogP contribution in [0.5, 0.6) is 0 Å². The van der Waals surface area contributed by atoms with Gasteiger partial charge < -0.3 is 9.80 Å².